The molecule has 86 valence electrons. The first-order valence-corrected chi connectivity index (χ1v) is 5.01. The Hall–Kier alpha value is -1.14. The molecule has 0 radical (unpaired) electrons. The second kappa shape index (κ2) is 5.67. The number of nitrogens with one attached hydrogen (secondary N) is 1. The Balaban J connectivity index is 2.32. The molecule has 2 atom stereocenters. The molecule has 0 bridgehead atoms. The van der Waals surface area contributed by atoms with Crippen LogP contribution in [0.25, 0.3) is 0 Å². The molecule has 1 saturated carbocycles. The minimum atomic E-state index is -0.522. The van der Waals surface area contributed by atoms with Crippen LogP contribution in [-0.2, 0) is 9.59 Å². The number of nitrogens with zero attached hydrogens (tertiary/aromatic N) is 1. The number of carbonyl (C=O) groups is 2. The van der Waals surface area contributed by atoms with Crippen LogP contribution in [0, 0.1) is 0 Å². The highest BCUT2D eigenvalue weighted by atomic mass is 16.5. The van der Waals surface area contributed by atoms with Gasteiger partial charge in [0.15, 0.2) is 0 Å². The van der Waals surface area contributed by atoms with Gasteiger partial charge in [0, 0.05) is 0 Å². The lowest BCUT2D eigenvalue weighted by Gasteiger charge is -2.28. The Morgan fingerprint density at radius 3 is 2.73 bits per heavy atom. The van der Waals surface area contributed by atoms with Crippen LogP contribution in [0.3, 0.4) is 0 Å². The van der Waals surface area contributed by atoms with Gasteiger partial charge in [0.1, 0.15) is 6.54 Å². The number of hydroxylamine groups is 2. The molecule has 0 aromatic rings. The van der Waals surface area contributed by atoms with Gasteiger partial charge in [-0.3, -0.25) is 14.8 Å². The summed E-state index contributed by atoms with van der Waals surface area (Å²) in [7, 11) is 0. The lowest BCUT2D eigenvalue weighted by molar-refractivity contribution is -0.156. The zero-order chi connectivity index (χ0) is 11.3. The summed E-state index contributed by atoms with van der Waals surface area (Å²) in [6.07, 6.45) is 3.00. The summed E-state index contributed by atoms with van der Waals surface area (Å²) in [5.74, 6) is -0.462. The molecule has 0 heterocycles. The van der Waals surface area contributed by atoms with Gasteiger partial charge >= 0.3 is 0 Å². The lowest BCUT2D eigenvalue weighted by atomic mass is 9.92. The van der Waals surface area contributed by atoms with Gasteiger partial charge in [-0.15, -0.1) is 0 Å². The van der Waals surface area contributed by atoms with Crippen molar-refractivity contribution in [2.24, 2.45) is 0 Å². The van der Waals surface area contributed by atoms with E-state index in [9.17, 15) is 14.7 Å². The number of carbonyl (C=O) groups excluding carboxylic acids is 2. The summed E-state index contributed by atoms with van der Waals surface area (Å²) in [4.78, 5) is 21.3. The maximum atomic E-state index is 11.2. The standard InChI is InChI=1S/C9H16N2O4/c12-6-11(15)5-9(14)10-7-3-1-2-4-8(7)13/h6-8,13,15H,1-5H2,(H,10,14)/t7-,8-/m1/s1. The van der Waals surface area contributed by atoms with Crippen LogP contribution in [0.15, 0.2) is 0 Å². The molecule has 6 nitrogen and oxygen atoms in total. The molecule has 1 aliphatic carbocycles. The third-order valence-corrected chi connectivity index (χ3v) is 2.50. The van der Waals surface area contributed by atoms with Gasteiger partial charge in [0.2, 0.25) is 12.3 Å². The van der Waals surface area contributed by atoms with E-state index in [-0.39, 0.29) is 17.5 Å². The SMILES string of the molecule is O=CN(O)CC(=O)N[C@@H]1CCCC[C@H]1O. The summed E-state index contributed by atoms with van der Waals surface area (Å²) in [5, 5.41) is 21.2. The van der Waals surface area contributed by atoms with Gasteiger partial charge < -0.3 is 10.4 Å². The maximum Gasteiger partial charge on any atom is 0.242 e. The van der Waals surface area contributed by atoms with Crippen LogP contribution >= 0.6 is 0 Å². The normalized spacial score (nSPS) is 25.7. The molecule has 0 saturated heterocycles. The average Bonchev–Trinajstić information content (AvgIpc) is 2.21. The summed E-state index contributed by atoms with van der Waals surface area (Å²) in [5.41, 5.74) is 0. The van der Waals surface area contributed by atoms with E-state index in [0.29, 0.717) is 6.42 Å². The number of hydrogen-bond acceptors (Lipinski definition) is 4. The zero-order valence-corrected chi connectivity index (χ0v) is 8.43. The molecule has 6 heteroatoms. The molecular formula is C9H16N2O4. The Morgan fingerprint density at radius 1 is 1.47 bits per heavy atom. The molecule has 0 aromatic carbocycles. The quantitative estimate of drug-likeness (QED) is 0.328. The van der Waals surface area contributed by atoms with Gasteiger partial charge in [-0.05, 0) is 12.8 Å². The van der Waals surface area contributed by atoms with E-state index in [2.05, 4.69) is 5.32 Å². The first-order valence-electron chi connectivity index (χ1n) is 5.01. The lowest BCUT2D eigenvalue weighted by Crippen LogP contribution is -2.47. The van der Waals surface area contributed by atoms with Crippen molar-refractivity contribution in [3.05, 3.63) is 0 Å². The van der Waals surface area contributed by atoms with Crippen molar-refractivity contribution in [2.75, 3.05) is 6.54 Å². The second-order valence-electron chi connectivity index (χ2n) is 3.73. The van der Waals surface area contributed by atoms with Crippen molar-refractivity contribution in [3.8, 4) is 0 Å². The summed E-state index contributed by atoms with van der Waals surface area (Å²) < 4.78 is 0. The van der Waals surface area contributed by atoms with E-state index in [1.165, 1.54) is 0 Å². The maximum absolute atomic E-state index is 11.2. The molecule has 3 N–H and O–H groups in total. The van der Waals surface area contributed by atoms with Crippen molar-refractivity contribution < 1.29 is 19.9 Å². The van der Waals surface area contributed by atoms with Crippen LogP contribution in [0.4, 0.5) is 0 Å². The summed E-state index contributed by atoms with van der Waals surface area (Å²) in [6.45, 7) is -0.396. The van der Waals surface area contributed by atoms with Crippen LogP contribution < -0.4 is 5.32 Å². The topological polar surface area (TPSA) is 89.9 Å². The fraction of sp³-hybridized carbons (Fsp3) is 0.778. The van der Waals surface area contributed by atoms with Crippen LogP contribution in [-0.4, -0.2) is 46.4 Å². The number of rotatable bonds is 4. The summed E-state index contributed by atoms with van der Waals surface area (Å²) in [6, 6.07) is -0.258. The minimum absolute atomic E-state index is 0.164. The average molecular weight is 216 g/mol. The number of aliphatic hydroxyl groups excluding tert-OH is 1. The molecule has 15 heavy (non-hydrogen) atoms. The molecule has 0 aromatic heterocycles. The zero-order valence-electron chi connectivity index (χ0n) is 8.43. The highest BCUT2D eigenvalue weighted by Gasteiger charge is 2.24. The fourth-order valence-electron chi connectivity index (χ4n) is 1.72. The minimum Gasteiger partial charge on any atom is -0.391 e. The van der Waals surface area contributed by atoms with E-state index in [0.717, 1.165) is 19.3 Å². The Morgan fingerprint density at radius 2 is 2.13 bits per heavy atom. The first-order chi connectivity index (χ1) is 7.13. The molecule has 0 unspecified atom stereocenters. The predicted molar refractivity (Wildman–Crippen MR) is 51.0 cm³/mol. The highest BCUT2D eigenvalue weighted by molar-refractivity contribution is 5.79. The van der Waals surface area contributed by atoms with Gasteiger partial charge in [0.05, 0.1) is 12.1 Å². The van der Waals surface area contributed by atoms with Gasteiger partial charge in [-0.2, -0.15) is 0 Å². The Kier molecular flexibility index (Phi) is 4.51. The van der Waals surface area contributed by atoms with Crippen molar-refractivity contribution in [1.29, 1.82) is 0 Å². The largest absolute Gasteiger partial charge is 0.391 e. The highest BCUT2D eigenvalue weighted by Crippen LogP contribution is 2.18. The second-order valence-corrected chi connectivity index (χ2v) is 3.73. The monoisotopic (exact) mass is 216 g/mol. The Bertz CT molecular complexity index is 234. The number of amides is 2. The number of aliphatic hydroxyl groups is 1. The predicted octanol–water partition coefficient (Wildman–Crippen LogP) is -0.746. The molecule has 0 aliphatic heterocycles. The van der Waals surface area contributed by atoms with E-state index in [1.807, 2.05) is 0 Å². The van der Waals surface area contributed by atoms with E-state index in [1.54, 1.807) is 0 Å². The van der Waals surface area contributed by atoms with Crippen molar-refractivity contribution in [1.82, 2.24) is 10.4 Å². The Labute approximate surface area is 87.8 Å². The van der Waals surface area contributed by atoms with Crippen molar-refractivity contribution in [2.45, 2.75) is 37.8 Å². The van der Waals surface area contributed by atoms with Gasteiger partial charge in [0.25, 0.3) is 0 Å². The summed E-state index contributed by atoms with van der Waals surface area (Å²) >= 11 is 0. The molecule has 1 fully saturated rings. The molecule has 0 spiro atoms. The third kappa shape index (κ3) is 3.85. The van der Waals surface area contributed by atoms with E-state index < -0.39 is 18.6 Å². The molecule has 1 rings (SSSR count). The first kappa shape index (κ1) is 11.9. The van der Waals surface area contributed by atoms with Gasteiger partial charge in [-0.25, -0.2) is 5.06 Å². The van der Waals surface area contributed by atoms with Crippen LogP contribution in [0.2, 0.25) is 0 Å². The van der Waals surface area contributed by atoms with Gasteiger partial charge in [-0.1, -0.05) is 12.8 Å². The van der Waals surface area contributed by atoms with Crippen molar-refractivity contribution in [3.63, 3.8) is 0 Å². The third-order valence-electron chi connectivity index (χ3n) is 2.50. The molecular weight excluding hydrogens is 200 g/mol. The van der Waals surface area contributed by atoms with Crippen LogP contribution in [0.1, 0.15) is 25.7 Å². The van der Waals surface area contributed by atoms with E-state index in [4.69, 9.17) is 5.21 Å². The van der Waals surface area contributed by atoms with Crippen molar-refractivity contribution >= 4 is 12.3 Å². The molecule has 1 aliphatic rings. The fourth-order valence-corrected chi connectivity index (χ4v) is 1.72. The number of hydrogen-bond donors (Lipinski definition) is 3. The van der Waals surface area contributed by atoms with Crippen LogP contribution in [0.5, 0.6) is 0 Å². The van der Waals surface area contributed by atoms with E-state index >= 15 is 0 Å². The molecule has 2 amide bonds. The smallest absolute Gasteiger partial charge is 0.242 e.